The maximum Gasteiger partial charge on any atom is 0.257 e. The summed E-state index contributed by atoms with van der Waals surface area (Å²) in [5.41, 5.74) is 2.13. The number of hydrogen-bond acceptors (Lipinski definition) is 4. The molecule has 0 unspecified atom stereocenters. The zero-order chi connectivity index (χ0) is 22.7. The first-order valence-electron chi connectivity index (χ1n) is 11.4. The fourth-order valence-electron chi connectivity index (χ4n) is 3.69. The molecule has 0 saturated heterocycles. The fraction of sp³-hybridized carbons (Fsp3) is 0.259. The predicted octanol–water partition coefficient (Wildman–Crippen LogP) is 4.63. The van der Waals surface area contributed by atoms with Crippen molar-refractivity contribution >= 4 is 16.9 Å². The van der Waals surface area contributed by atoms with E-state index in [2.05, 4.69) is 16.0 Å². The summed E-state index contributed by atoms with van der Waals surface area (Å²) >= 11 is 0. The second-order valence-electron chi connectivity index (χ2n) is 7.74. The average Bonchev–Trinajstić information content (AvgIpc) is 3.22. The van der Waals surface area contributed by atoms with Crippen molar-refractivity contribution in [3.63, 3.8) is 0 Å². The van der Waals surface area contributed by atoms with Crippen LogP contribution < -0.4 is 14.8 Å². The zero-order valence-corrected chi connectivity index (χ0v) is 18.7. The standard InChI is InChI=1S/C27H29N3O3/c31-27(21-33-23-13-5-2-6-14-23)28-18-9-17-26-29-24-15-7-8-16-25(24)30(26)19-10-20-32-22-11-3-1-4-12-22/h1-8,11-16H,9-10,17-21H2,(H,28,31). The molecule has 0 fully saturated rings. The lowest BCUT2D eigenvalue weighted by molar-refractivity contribution is -0.123. The first-order chi connectivity index (χ1) is 16.3. The van der Waals surface area contributed by atoms with E-state index in [1.165, 1.54) is 0 Å². The highest BCUT2D eigenvalue weighted by molar-refractivity contribution is 5.77. The molecule has 0 aliphatic carbocycles. The van der Waals surface area contributed by atoms with Crippen LogP contribution in [0.15, 0.2) is 84.9 Å². The smallest absolute Gasteiger partial charge is 0.257 e. The van der Waals surface area contributed by atoms with E-state index >= 15 is 0 Å². The Hall–Kier alpha value is -3.80. The number of nitrogens with one attached hydrogen (secondary N) is 1. The summed E-state index contributed by atoms with van der Waals surface area (Å²) in [6.45, 7) is 2.08. The second-order valence-corrected chi connectivity index (χ2v) is 7.74. The van der Waals surface area contributed by atoms with Gasteiger partial charge in [-0.25, -0.2) is 4.98 Å². The predicted molar refractivity (Wildman–Crippen MR) is 130 cm³/mol. The number of aryl methyl sites for hydroxylation is 2. The third kappa shape index (κ3) is 6.59. The summed E-state index contributed by atoms with van der Waals surface area (Å²) in [7, 11) is 0. The molecule has 0 spiro atoms. The van der Waals surface area contributed by atoms with Crippen LogP contribution in [0.2, 0.25) is 0 Å². The number of fused-ring (bicyclic) bond motifs is 1. The van der Waals surface area contributed by atoms with Crippen molar-refractivity contribution < 1.29 is 14.3 Å². The summed E-state index contributed by atoms with van der Waals surface area (Å²) in [5.74, 6) is 2.49. The van der Waals surface area contributed by atoms with Crippen LogP contribution in [0.25, 0.3) is 11.0 Å². The van der Waals surface area contributed by atoms with E-state index in [4.69, 9.17) is 14.5 Å². The maximum absolute atomic E-state index is 12.1. The molecule has 0 aliphatic heterocycles. The highest BCUT2D eigenvalue weighted by Crippen LogP contribution is 2.18. The van der Waals surface area contributed by atoms with Gasteiger partial charge in [-0.15, -0.1) is 0 Å². The van der Waals surface area contributed by atoms with Crippen molar-refractivity contribution in [1.82, 2.24) is 14.9 Å². The number of nitrogens with zero attached hydrogens (tertiary/aromatic N) is 2. The van der Waals surface area contributed by atoms with Gasteiger partial charge in [0.25, 0.3) is 5.91 Å². The van der Waals surface area contributed by atoms with Crippen LogP contribution in [-0.2, 0) is 17.8 Å². The molecule has 1 aromatic heterocycles. The lowest BCUT2D eigenvalue weighted by Gasteiger charge is -2.11. The van der Waals surface area contributed by atoms with Crippen LogP contribution in [0.1, 0.15) is 18.7 Å². The Kier molecular flexibility index (Phi) is 7.95. The average molecular weight is 444 g/mol. The number of para-hydroxylation sites is 4. The van der Waals surface area contributed by atoms with E-state index in [0.29, 0.717) is 18.9 Å². The highest BCUT2D eigenvalue weighted by atomic mass is 16.5. The minimum atomic E-state index is -0.120. The monoisotopic (exact) mass is 443 g/mol. The summed E-state index contributed by atoms with van der Waals surface area (Å²) < 4.78 is 13.6. The van der Waals surface area contributed by atoms with Gasteiger partial charge in [-0.1, -0.05) is 48.5 Å². The minimum absolute atomic E-state index is 0.0178. The molecule has 6 heteroatoms. The van der Waals surface area contributed by atoms with Crippen molar-refractivity contribution in [3.8, 4) is 11.5 Å². The van der Waals surface area contributed by atoms with E-state index < -0.39 is 0 Å². The molecule has 0 aliphatic rings. The van der Waals surface area contributed by atoms with Crippen LogP contribution in [0.3, 0.4) is 0 Å². The number of amides is 1. The molecule has 170 valence electrons. The quantitative estimate of drug-likeness (QED) is 0.324. The van der Waals surface area contributed by atoms with Crippen molar-refractivity contribution in [1.29, 1.82) is 0 Å². The van der Waals surface area contributed by atoms with Gasteiger partial charge in [0, 0.05) is 19.5 Å². The van der Waals surface area contributed by atoms with Gasteiger partial charge in [-0.05, 0) is 49.2 Å². The lowest BCUT2D eigenvalue weighted by atomic mass is 10.2. The van der Waals surface area contributed by atoms with Crippen LogP contribution in [-0.4, -0.2) is 35.2 Å². The molecule has 3 aromatic carbocycles. The number of carbonyl (C=O) groups is 1. The van der Waals surface area contributed by atoms with Crippen molar-refractivity contribution in [2.45, 2.75) is 25.8 Å². The molecule has 33 heavy (non-hydrogen) atoms. The van der Waals surface area contributed by atoms with Gasteiger partial charge in [0.05, 0.1) is 17.6 Å². The molecule has 1 amide bonds. The molecule has 1 heterocycles. The van der Waals surface area contributed by atoms with Crippen LogP contribution >= 0.6 is 0 Å². The van der Waals surface area contributed by atoms with E-state index in [1.807, 2.05) is 78.9 Å². The molecular formula is C27H29N3O3. The van der Waals surface area contributed by atoms with Crippen molar-refractivity contribution in [2.24, 2.45) is 0 Å². The topological polar surface area (TPSA) is 65.4 Å². The summed E-state index contributed by atoms with van der Waals surface area (Å²) in [4.78, 5) is 16.9. The summed E-state index contributed by atoms with van der Waals surface area (Å²) in [6.07, 6.45) is 2.48. The Balaban J connectivity index is 1.25. The molecule has 0 saturated carbocycles. The Bertz CT molecular complexity index is 1140. The second kappa shape index (κ2) is 11.7. The van der Waals surface area contributed by atoms with Crippen LogP contribution in [0, 0.1) is 0 Å². The number of rotatable bonds is 12. The number of carbonyl (C=O) groups excluding carboxylic acids is 1. The number of imidazole rings is 1. The zero-order valence-electron chi connectivity index (χ0n) is 18.7. The summed E-state index contributed by atoms with van der Waals surface area (Å²) in [5, 5.41) is 2.93. The van der Waals surface area contributed by atoms with Crippen molar-refractivity contribution in [2.75, 3.05) is 19.8 Å². The van der Waals surface area contributed by atoms with E-state index in [1.54, 1.807) is 0 Å². The van der Waals surface area contributed by atoms with E-state index in [9.17, 15) is 4.79 Å². The normalized spacial score (nSPS) is 10.8. The highest BCUT2D eigenvalue weighted by Gasteiger charge is 2.10. The van der Waals surface area contributed by atoms with Gasteiger partial charge in [-0.3, -0.25) is 4.79 Å². The van der Waals surface area contributed by atoms with E-state index in [0.717, 1.165) is 48.4 Å². The fourth-order valence-corrected chi connectivity index (χ4v) is 3.69. The molecule has 6 nitrogen and oxygen atoms in total. The van der Waals surface area contributed by atoms with Gasteiger partial charge in [0.1, 0.15) is 17.3 Å². The minimum Gasteiger partial charge on any atom is -0.494 e. The number of ether oxygens (including phenoxy) is 2. The molecule has 0 radical (unpaired) electrons. The van der Waals surface area contributed by atoms with Crippen LogP contribution in [0.5, 0.6) is 11.5 Å². The number of benzene rings is 3. The first kappa shape index (κ1) is 22.4. The summed E-state index contributed by atoms with van der Waals surface area (Å²) in [6, 6.07) is 27.4. The van der Waals surface area contributed by atoms with Crippen LogP contribution in [0.4, 0.5) is 0 Å². The molecule has 0 bridgehead atoms. The largest absolute Gasteiger partial charge is 0.494 e. The molecule has 4 rings (SSSR count). The SMILES string of the molecule is O=C(COc1ccccc1)NCCCc1nc2ccccc2n1CCCOc1ccccc1. The van der Waals surface area contributed by atoms with Gasteiger partial charge in [0.2, 0.25) is 0 Å². The van der Waals surface area contributed by atoms with E-state index in [-0.39, 0.29) is 12.5 Å². The van der Waals surface area contributed by atoms with Gasteiger partial charge in [0.15, 0.2) is 6.61 Å². The molecule has 1 N–H and O–H groups in total. The Morgan fingerprint density at radius 1 is 0.818 bits per heavy atom. The Morgan fingerprint density at radius 3 is 2.24 bits per heavy atom. The maximum atomic E-state index is 12.1. The molecular weight excluding hydrogens is 414 g/mol. The molecule has 4 aromatic rings. The van der Waals surface area contributed by atoms with Crippen molar-refractivity contribution in [3.05, 3.63) is 90.8 Å². The van der Waals surface area contributed by atoms with Gasteiger partial charge in [-0.2, -0.15) is 0 Å². The van der Waals surface area contributed by atoms with Gasteiger partial charge < -0.3 is 19.4 Å². The number of hydrogen-bond donors (Lipinski definition) is 1. The van der Waals surface area contributed by atoms with Gasteiger partial charge >= 0.3 is 0 Å². The third-order valence-electron chi connectivity index (χ3n) is 5.28. The Labute approximate surface area is 194 Å². The Morgan fingerprint density at radius 2 is 1.48 bits per heavy atom. The lowest BCUT2D eigenvalue weighted by Crippen LogP contribution is -2.30. The third-order valence-corrected chi connectivity index (χ3v) is 5.28. The first-order valence-corrected chi connectivity index (χ1v) is 11.4. The molecule has 0 atom stereocenters. The number of aromatic nitrogens is 2.